The summed E-state index contributed by atoms with van der Waals surface area (Å²) in [5.41, 5.74) is -1.29. The standard InChI is InChI=1S/C25H22ClNO3.C10H19O6PS2/c1-17(2)24(18-11-13-20(26)14-12-18)25(28)30-23(16-27)19-7-6-10-22(15-19)29-21-8-4-3-5-9-21;1-5-15-9(11)7-8(10(12)16-6-2)19-17(18,13-3)14-4/h3-15,17,23-24H,1-2H3;8H,5-7H2,1-4H3/t23-,24+;/m1./s1. The van der Waals surface area contributed by atoms with Crippen LogP contribution in [0.15, 0.2) is 78.9 Å². The van der Waals surface area contributed by atoms with Crippen LogP contribution in [0.25, 0.3) is 0 Å². The second-order valence-electron chi connectivity index (χ2n) is 10.4. The van der Waals surface area contributed by atoms with Crippen molar-refractivity contribution in [2.24, 2.45) is 5.92 Å². The predicted octanol–water partition coefficient (Wildman–Crippen LogP) is 8.80. The highest BCUT2D eigenvalue weighted by atomic mass is 35.5. The molecule has 14 heteroatoms. The Morgan fingerprint density at radius 2 is 1.47 bits per heavy atom. The van der Waals surface area contributed by atoms with Crippen molar-refractivity contribution in [3.8, 4) is 17.6 Å². The van der Waals surface area contributed by atoms with E-state index in [1.165, 1.54) is 14.2 Å². The molecule has 0 bridgehead atoms. The van der Waals surface area contributed by atoms with Crippen LogP contribution in [0.5, 0.6) is 11.5 Å². The summed E-state index contributed by atoms with van der Waals surface area (Å²) in [5.74, 6) is -0.720. The highest BCUT2D eigenvalue weighted by Crippen LogP contribution is 2.62. The lowest BCUT2D eigenvalue weighted by Crippen LogP contribution is -2.24. The minimum atomic E-state index is -2.65. The number of rotatable bonds is 16. The number of nitrogens with zero attached hydrogens (tertiary/aromatic N) is 1. The number of nitriles is 1. The number of esters is 3. The number of para-hydroxylation sites is 1. The maximum atomic E-state index is 13.0. The van der Waals surface area contributed by atoms with E-state index >= 15 is 0 Å². The van der Waals surface area contributed by atoms with Gasteiger partial charge in [0.1, 0.15) is 22.8 Å². The number of ether oxygens (including phenoxy) is 4. The summed E-state index contributed by atoms with van der Waals surface area (Å²) in [4.78, 5) is 36.2. The van der Waals surface area contributed by atoms with Gasteiger partial charge in [0.2, 0.25) is 11.8 Å². The molecule has 264 valence electrons. The SMILES string of the molecule is CC(C)[C@H](C(=O)O[C@H](C#N)c1cccc(Oc2ccccc2)c1)c1ccc(Cl)cc1.CCOC(=O)CC(SP(=S)(OC)OC)C(=O)OCC. The van der Waals surface area contributed by atoms with E-state index < -0.39 is 40.9 Å². The average molecular weight is 750 g/mol. The molecule has 0 aliphatic rings. The van der Waals surface area contributed by atoms with E-state index in [9.17, 15) is 19.6 Å². The summed E-state index contributed by atoms with van der Waals surface area (Å²) in [7, 11) is 2.81. The molecule has 0 heterocycles. The van der Waals surface area contributed by atoms with E-state index in [0.717, 1.165) is 16.9 Å². The second kappa shape index (κ2) is 21.6. The quantitative estimate of drug-likeness (QED) is 0.0788. The van der Waals surface area contributed by atoms with Crippen LogP contribution in [0.1, 0.15) is 57.3 Å². The molecular formula is C35H41ClNO9PS2. The van der Waals surface area contributed by atoms with E-state index in [1.807, 2.05) is 56.3 Å². The molecule has 0 fully saturated rings. The molecule has 49 heavy (non-hydrogen) atoms. The fraction of sp³-hybridized carbons (Fsp3) is 0.371. The first kappa shape index (κ1) is 41.7. The van der Waals surface area contributed by atoms with Crippen molar-refractivity contribution < 1.29 is 42.4 Å². The van der Waals surface area contributed by atoms with E-state index in [0.29, 0.717) is 22.1 Å². The molecule has 0 saturated carbocycles. The van der Waals surface area contributed by atoms with Crippen molar-refractivity contribution in [1.82, 2.24) is 0 Å². The normalized spacial score (nSPS) is 12.7. The van der Waals surface area contributed by atoms with Gasteiger partial charge in [-0.1, -0.05) is 79.3 Å². The smallest absolute Gasteiger partial charge is 0.320 e. The third kappa shape index (κ3) is 14.1. The summed E-state index contributed by atoms with van der Waals surface area (Å²) in [6.45, 7) is 7.74. The summed E-state index contributed by atoms with van der Waals surface area (Å²) in [5, 5.41) is 9.46. The van der Waals surface area contributed by atoms with Gasteiger partial charge in [-0.05, 0) is 73.5 Å². The van der Waals surface area contributed by atoms with Crippen molar-refractivity contribution in [2.75, 3.05) is 27.4 Å². The Balaban J connectivity index is 0.000000381. The van der Waals surface area contributed by atoms with Gasteiger partial charge in [-0.3, -0.25) is 14.4 Å². The van der Waals surface area contributed by atoms with Gasteiger partial charge in [-0.2, -0.15) is 5.26 Å². The fourth-order valence-electron chi connectivity index (χ4n) is 4.27. The average Bonchev–Trinajstić information content (AvgIpc) is 3.08. The van der Waals surface area contributed by atoms with Gasteiger partial charge in [0.15, 0.2) is 0 Å². The number of carbonyl (C=O) groups is 3. The molecule has 3 aromatic rings. The van der Waals surface area contributed by atoms with Crippen LogP contribution >= 0.6 is 28.7 Å². The lowest BCUT2D eigenvalue weighted by atomic mass is 9.88. The van der Waals surface area contributed by atoms with Gasteiger partial charge in [0.05, 0.1) is 25.6 Å². The largest absolute Gasteiger partial charge is 0.466 e. The number of hydrogen-bond donors (Lipinski definition) is 0. The van der Waals surface area contributed by atoms with Gasteiger partial charge in [-0.15, -0.1) is 0 Å². The van der Waals surface area contributed by atoms with Crippen LogP contribution in [0, 0.1) is 17.2 Å². The molecule has 0 aliphatic heterocycles. The lowest BCUT2D eigenvalue weighted by Gasteiger charge is -2.22. The van der Waals surface area contributed by atoms with E-state index in [-0.39, 0.29) is 25.6 Å². The van der Waals surface area contributed by atoms with Crippen molar-refractivity contribution in [3.63, 3.8) is 0 Å². The van der Waals surface area contributed by atoms with Gasteiger partial charge in [-0.25, -0.2) is 0 Å². The summed E-state index contributed by atoms with van der Waals surface area (Å²) >= 11 is 12.1. The van der Waals surface area contributed by atoms with Gasteiger partial charge in [0, 0.05) is 24.8 Å². The Bertz CT molecular complexity index is 1580. The highest BCUT2D eigenvalue weighted by Gasteiger charge is 2.32. The Morgan fingerprint density at radius 3 is 2.02 bits per heavy atom. The van der Waals surface area contributed by atoms with Crippen LogP contribution in [-0.4, -0.2) is 50.6 Å². The molecule has 0 aliphatic carbocycles. The van der Waals surface area contributed by atoms with Crippen LogP contribution in [0.3, 0.4) is 0 Å². The molecule has 3 aromatic carbocycles. The van der Waals surface area contributed by atoms with Gasteiger partial charge < -0.3 is 28.0 Å². The van der Waals surface area contributed by atoms with Crippen molar-refractivity contribution in [3.05, 3.63) is 95.0 Å². The topological polar surface area (TPSA) is 130 Å². The molecule has 3 rings (SSSR count). The van der Waals surface area contributed by atoms with Crippen LogP contribution in [0.4, 0.5) is 0 Å². The molecule has 0 radical (unpaired) electrons. The van der Waals surface area contributed by atoms with Crippen molar-refractivity contribution in [2.45, 2.75) is 51.4 Å². The van der Waals surface area contributed by atoms with Gasteiger partial charge >= 0.3 is 17.9 Å². The maximum Gasteiger partial charge on any atom is 0.320 e. The van der Waals surface area contributed by atoms with Gasteiger partial charge in [0.25, 0.3) is 0 Å². The molecule has 0 amide bonds. The fourth-order valence-corrected chi connectivity index (χ4v) is 8.27. The molecule has 10 nitrogen and oxygen atoms in total. The Labute approximate surface area is 302 Å². The Kier molecular flexibility index (Phi) is 18.4. The molecule has 0 spiro atoms. The molecular weight excluding hydrogens is 709 g/mol. The van der Waals surface area contributed by atoms with E-state index in [2.05, 4.69) is 6.07 Å². The van der Waals surface area contributed by atoms with E-state index in [4.69, 9.17) is 51.4 Å². The van der Waals surface area contributed by atoms with Crippen LogP contribution < -0.4 is 4.74 Å². The molecule has 0 N–H and O–H groups in total. The Morgan fingerprint density at radius 1 is 0.857 bits per heavy atom. The molecule has 1 unspecified atom stereocenters. The minimum Gasteiger partial charge on any atom is -0.466 e. The maximum absolute atomic E-state index is 13.0. The zero-order chi connectivity index (χ0) is 36.4. The van der Waals surface area contributed by atoms with Crippen molar-refractivity contribution >= 4 is 58.4 Å². The van der Waals surface area contributed by atoms with E-state index in [1.54, 1.807) is 50.2 Å². The molecule has 0 saturated heterocycles. The highest BCUT2D eigenvalue weighted by molar-refractivity contribution is 8.68. The monoisotopic (exact) mass is 749 g/mol. The molecule has 3 atom stereocenters. The zero-order valence-corrected chi connectivity index (χ0v) is 31.5. The number of halogens is 1. The third-order valence-electron chi connectivity index (χ3n) is 6.55. The number of hydrogen-bond acceptors (Lipinski definition) is 12. The van der Waals surface area contributed by atoms with Crippen LogP contribution in [-0.2, 0) is 49.4 Å². The van der Waals surface area contributed by atoms with Crippen LogP contribution in [0.2, 0.25) is 5.02 Å². The summed E-state index contributed by atoms with van der Waals surface area (Å²) in [6.07, 6.45) is -1.16. The summed E-state index contributed by atoms with van der Waals surface area (Å²) < 4.78 is 31.4. The zero-order valence-electron chi connectivity index (χ0n) is 28.2. The lowest BCUT2D eigenvalue weighted by molar-refractivity contribution is -0.150. The Hall–Kier alpha value is -3.43. The summed E-state index contributed by atoms with van der Waals surface area (Å²) in [6, 6.07) is 25.5. The minimum absolute atomic E-state index is 0.00855. The number of carbonyl (C=O) groups excluding carboxylic acids is 3. The van der Waals surface area contributed by atoms with Crippen molar-refractivity contribution in [1.29, 1.82) is 5.26 Å². The predicted molar refractivity (Wildman–Crippen MR) is 194 cm³/mol. The second-order valence-corrected chi connectivity index (χ2v) is 17.4. The first-order chi connectivity index (χ1) is 23.4. The number of benzene rings is 3. The molecule has 0 aromatic heterocycles. The first-order valence-electron chi connectivity index (χ1n) is 15.3. The first-order valence-corrected chi connectivity index (χ1v) is 19.8. The third-order valence-corrected chi connectivity index (χ3v) is 12.7.